The Labute approximate surface area is 168 Å². The van der Waals surface area contributed by atoms with Crippen molar-refractivity contribution in [3.8, 4) is 0 Å². The van der Waals surface area contributed by atoms with Crippen LogP contribution in [0, 0.1) is 0 Å². The van der Waals surface area contributed by atoms with E-state index in [1.54, 1.807) is 18.2 Å². The number of rotatable bonds is 0. The Balaban J connectivity index is 2.04. The maximum atomic E-state index is 12.7. The summed E-state index contributed by atoms with van der Waals surface area (Å²) in [5, 5.41) is 4.23. The monoisotopic (exact) mass is 412 g/mol. The van der Waals surface area contributed by atoms with Crippen molar-refractivity contribution in [2.45, 2.75) is 0 Å². The number of fused-ring (bicyclic) bond motifs is 5. The predicted molar refractivity (Wildman–Crippen MR) is 115 cm³/mol. The fourth-order valence-corrected chi connectivity index (χ4v) is 4.21. The molecule has 0 aliphatic rings. The number of hydrogen-bond acceptors (Lipinski definition) is 2. The van der Waals surface area contributed by atoms with Gasteiger partial charge < -0.3 is 4.57 Å². The van der Waals surface area contributed by atoms with Gasteiger partial charge in [-0.3, -0.25) is 4.79 Å². The molecule has 3 nitrogen and oxygen atoms in total. The van der Waals surface area contributed by atoms with Crippen LogP contribution in [0.4, 0.5) is 0 Å². The number of benzene rings is 4. The van der Waals surface area contributed by atoms with Gasteiger partial charge in [-0.15, -0.1) is 0 Å². The summed E-state index contributed by atoms with van der Waals surface area (Å²) in [7, 11) is 1.93. The molecular formula is C21H11Cl3N2O. The van der Waals surface area contributed by atoms with Crippen LogP contribution in [0.2, 0.25) is 15.1 Å². The minimum absolute atomic E-state index is 0.162. The molecule has 0 spiro atoms. The average Bonchev–Trinajstić information content (AvgIpc) is 2.67. The molecule has 0 fully saturated rings. The second-order valence-electron chi connectivity index (χ2n) is 6.50. The third-order valence-corrected chi connectivity index (χ3v) is 6.09. The molecule has 1 heterocycles. The van der Waals surface area contributed by atoms with Crippen molar-refractivity contribution in [3.05, 3.63) is 73.8 Å². The number of aromatic nitrogens is 2. The first-order chi connectivity index (χ1) is 13.0. The lowest BCUT2D eigenvalue weighted by Crippen LogP contribution is -2.04. The summed E-state index contributed by atoms with van der Waals surface area (Å²) >= 11 is 18.8. The molecule has 0 N–H and O–H groups in total. The van der Waals surface area contributed by atoms with Crippen molar-refractivity contribution in [1.82, 2.24) is 9.55 Å². The van der Waals surface area contributed by atoms with E-state index >= 15 is 0 Å². The van der Waals surface area contributed by atoms with Gasteiger partial charge in [0, 0.05) is 17.8 Å². The Hall–Kier alpha value is -2.33. The van der Waals surface area contributed by atoms with Gasteiger partial charge in [0.2, 0.25) is 5.43 Å². The van der Waals surface area contributed by atoms with E-state index in [-0.39, 0.29) is 10.5 Å². The lowest BCUT2D eigenvalue weighted by molar-refractivity contribution is 0.997. The highest BCUT2D eigenvalue weighted by Crippen LogP contribution is 2.34. The fraction of sp³-hybridized carbons (Fsp3) is 0.0476. The minimum atomic E-state index is -0.162. The highest BCUT2D eigenvalue weighted by Gasteiger charge is 2.14. The second kappa shape index (κ2) is 5.83. The van der Waals surface area contributed by atoms with Crippen LogP contribution in [0.15, 0.2) is 53.3 Å². The molecule has 4 aromatic carbocycles. The van der Waals surface area contributed by atoms with Crippen molar-refractivity contribution >= 4 is 78.4 Å². The van der Waals surface area contributed by atoms with E-state index in [0.717, 1.165) is 32.8 Å². The van der Waals surface area contributed by atoms with Crippen LogP contribution in [0.1, 0.15) is 0 Å². The van der Waals surface area contributed by atoms with Crippen molar-refractivity contribution < 1.29 is 0 Å². The summed E-state index contributed by atoms with van der Waals surface area (Å²) in [4.78, 5) is 17.4. The van der Waals surface area contributed by atoms with E-state index < -0.39 is 0 Å². The zero-order chi connectivity index (χ0) is 18.9. The van der Waals surface area contributed by atoms with Gasteiger partial charge in [0.1, 0.15) is 0 Å². The van der Waals surface area contributed by atoms with Gasteiger partial charge >= 0.3 is 0 Å². The summed E-state index contributed by atoms with van der Waals surface area (Å²) in [6.07, 6.45) is 0. The van der Waals surface area contributed by atoms with E-state index in [4.69, 9.17) is 39.8 Å². The van der Waals surface area contributed by atoms with Gasteiger partial charge in [-0.05, 0) is 35.0 Å². The van der Waals surface area contributed by atoms with Gasteiger partial charge in [-0.2, -0.15) is 0 Å². The highest BCUT2D eigenvalue weighted by molar-refractivity contribution is 6.42. The highest BCUT2D eigenvalue weighted by atomic mass is 35.5. The molecule has 0 saturated carbocycles. The topological polar surface area (TPSA) is 34.9 Å². The molecule has 6 heteroatoms. The molecule has 0 saturated heterocycles. The minimum Gasteiger partial charge on any atom is -0.341 e. The van der Waals surface area contributed by atoms with E-state index in [1.165, 1.54) is 0 Å². The summed E-state index contributed by atoms with van der Waals surface area (Å²) in [6.45, 7) is 0. The van der Waals surface area contributed by atoms with E-state index in [0.29, 0.717) is 20.8 Å². The lowest BCUT2D eigenvalue weighted by Gasteiger charge is -2.13. The van der Waals surface area contributed by atoms with Crippen LogP contribution in [0.25, 0.3) is 43.6 Å². The Morgan fingerprint density at radius 2 is 1.41 bits per heavy atom. The smallest absolute Gasteiger partial charge is 0.205 e. The number of aryl methyl sites for hydroxylation is 1. The molecule has 0 radical (unpaired) electrons. The maximum Gasteiger partial charge on any atom is 0.205 e. The summed E-state index contributed by atoms with van der Waals surface area (Å²) in [5.74, 6) is 0. The average molecular weight is 414 g/mol. The number of nitrogens with zero attached hydrogens (tertiary/aromatic N) is 2. The number of halogens is 3. The van der Waals surface area contributed by atoms with Gasteiger partial charge in [0.05, 0.1) is 37.1 Å². The Morgan fingerprint density at radius 3 is 2.19 bits per heavy atom. The zero-order valence-corrected chi connectivity index (χ0v) is 16.3. The van der Waals surface area contributed by atoms with Crippen LogP contribution in [0.5, 0.6) is 0 Å². The van der Waals surface area contributed by atoms with Crippen molar-refractivity contribution in [1.29, 1.82) is 0 Å². The molecule has 27 heavy (non-hydrogen) atoms. The first-order valence-electron chi connectivity index (χ1n) is 8.25. The van der Waals surface area contributed by atoms with Gasteiger partial charge in [-0.1, -0.05) is 59.1 Å². The first kappa shape index (κ1) is 16.8. The van der Waals surface area contributed by atoms with Crippen LogP contribution >= 0.6 is 34.8 Å². The summed E-state index contributed by atoms with van der Waals surface area (Å²) in [5.41, 5.74) is 3.07. The summed E-state index contributed by atoms with van der Waals surface area (Å²) < 4.78 is 1.98. The summed E-state index contributed by atoms with van der Waals surface area (Å²) in [6, 6.07) is 14.9. The molecule has 5 aromatic rings. The normalized spacial score (nSPS) is 11.9. The molecule has 0 atom stereocenters. The third kappa shape index (κ3) is 2.36. The standard InChI is InChI=1S/C21H11Cl3N2O/c1-26-18-7-13-12(10-4-2-3-5-11(10)21(27)20(13)24)6-16(18)25-17-8-14(22)15(23)9-19(17)26/h2-9H,1H3. The molecule has 0 aliphatic heterocycles. The lowest BCUT2D eigenvalue weighted by atomic mass is 10.0. The Bertz CT molecular complexity index is 1490. The molecular weight excluding hydrogens is 403 g/mol. The molecule has 0 aliphatic carbocycles. The van der Waals surface area contributed by atoms with Crippen LogP contribution in [-0.4, -0.2) is 9.55 Å². The molecule has 1 aromatic heterocycles. The predicted octanol–water partition coefficient (Wildman–Crippen LogP) is 6.35. The molecule has 5 rings (SSSR count). The maximum absolute atomic E-state index is 12.7. The Morgan fingerprint density at radius 1 is 0.778 bits per heavy atom. The fourth-order valence-electron chi connectivity index (χ4n) is 3.64. The number of hydrogen-bond donors (Lipinski definition) is 0. The molecule has 0 unspecified atom stereocenters. The third-order valence-electron chi connectivity index (χ3n) is 4.99. The van der Waals surface area contributed by atoms with Gasteiger partial charge in [0.15, 0.2) is 0 Å². The van der Waals surface area contributed by atoms with Crippen molar-refractivity contribution in [3.63, 3.8) is 0 Å². The van der Waals surface area contributed by atoms with Gasteiger partial charge in [-0.25, -0.2) is 4.98 Å². The van der Waals surface area contributed by atoms with Crippen LogP contribution < -0.4 is 5.43 Å². The van der Waals surface area contributed by atoms with Crippen molar-refractivity contribution in [2.75, 3.05) is 0 Å². The molecule has 0 amide bonds. The SMILES string of the molecule is Cn1c2cc(Cl)c(Cl)cc2nc2cc3c(cc21)c(Cl)c(=O)c1ccccc13. The van der Waals surface area contributed by atoms with Crippen molar-refractivity contribution in [2.24, 2.45) is 7.05 Å². The quantitative estimate of drug-likeness (QED) is 0.219. The molecule has 132 valence electrons. The van der Waals surface area contributed by atoms with E-state index in [9.17, 15) is 4.79 Å². The second-order valence-corrected chi connectivity index (χ2v) is 7.69. The Kier molecular flexibility index (Phi) is 3.63. The zero-order valence-electron chi connectivity index (χ0n) is 14.1. The van der Waals surface area contributed by atoms with E-state index in [1.807, 2.05) is 41.9 Å². The van der Waals surface area contributed by atoms with Gasteiger partial charge in [0.25, 0.3) is 0 Å². The van der Waals surface area contributed by atoms with E-state index in [2.05, 4.69) is 0 Å². The molecule has 0 bridgehead atoms. The largest absolute Gasteiger partial charge is 0.341 e. The first-order valence-corrected chi connectivity index (χ1v) is 9.38. The van der Waals surface area contributed by atoms with Crippen LogP contribution in [0.3, 0.4) is 0 Å². The van der Waals surface area contributed by atoms with Crippen LogP contribution in [-0.2, 0) is 7.05 Å².